The summed E-state index contributed by atoms with van der Waals surface area (Å²) in [6.07, 6.45) is 13.1. The van der Waals surface area contributed by atoms with E-state index in [-0.39, 0.29) is 11.5 Å². The van der Waals surface area contributed by atoms with Crippen molar-refractivity contribution in [2.45, 2.75) is 109 Å². The number of rotatable bonds is 0. The van der Waals surface area contributed by atoms with Crippen molar-refractivity contribution in [2.24, 2.45) is 40.4 Å². The van der Waals surface area contributed by atoms with E-state index >= 15 is 0 Å². The van der Waals surface area contributed by atoms with E-state index in [1.54, 1.807) is 5.57 Å². The molecule has 11 unspecified atom stereocenters. The molecule has 0 aromatic heterocycles. The molecular formula is C27H43NO2. The van der Waals surface area contributed by atoms with Gasteiger partial charge < -0.3 is 10.2 Å². The molecule has 3 nitrogen and oxygen atoms in total. The molecule has 30 heavy (non-hydrogen) atoms. The van der Waals surface area contributed by atoms with Gasteiger partial charge in [0.15, 0.2) is 0 Å². The van der Waals surface area contributed by atoms with Gasteiger partial charge in [0.2, 0.25) is 0 Å². The van der Waals surface area contributed by atoms with Crippen LogP contribution in [-0.4, -0.2) is 45.4 Å². The molecule has 6 rings (SSSR count). The second kappa shape index (κ2) is 6.35. The minimum absolute atomic E-state index is 0.117. The highest BCUT2D eigenvalue weighted by Crippen LogP contribution is 2.70. The van der Waals surface area contributed by atoms with Crippen molar-refractivity contribution in [1.29, 1.82) is 0 Å². The Kier molecular flexibility index (Phi) is 4.29. The molecule has 3 saturated carbocycles. The number of aliphatic hydroxyl groups excluding tert-OH is 1. The number of hydrogen-bond acceptors (Lipinski definition) is 3. The molecule has 5 fully saturated rings. The summed E-state index contributed by atoms with van der Waals surface area (Å²) >= 11 is 0. The van der Waals surface area contributed by atoms with Crippen molar-refractivity contribution in [3.63, 3.8) is 0 Å². The Morgan fingerprint density at radius 2 is 1.83 bits per heavy atom. The number of allylic oxidation sites excluding steroid dienone is 1. The maximum Gasteiger partial charge on any atom is 0.0822 e. The quantitative estimate of drug-likeness (QED) is 0.562. The van der Waals surface area contributed by atoms with Gasteiger partial charge in [0, 0.05) is 24.5 Å². The zero-order chi connectivity index (χ0) is 21.1. The zero-order valence-electron chi connectivity index (χ0n) is 19.6. The molecule has 168 valence electrons. The van der Waals surface area contributed by atoms with E-state index in [2.05, 4.69) is 38.7 Å². The van der Waals surface area contributed by atoms with E-state index in [4.69, 9.17) is 0 Å². The van der Waals surface area contributed by atoms with E-state index in [0.29, 0.717) is 23.4 Å². The Morgan fingerprint density at radius 1 is 1.03 bits per heavy atom. The monoisotopic (exact) mass is 413 g/mol. The third-order valence-electron chi connectivity index (χ3n) is 11.7. The van der Waals surface area contributed by atoms with Gasteiger partial charge in [-0.15, -0.1) is 0 Å². The van der Waals surface area contributed by atoms with Gasteiger partial charge in [0.05, 0.1) is 11.7 Å². The van der Waals surface area contributed by atoms with Crippen molar-refractivity contribution in [2.75, 3.05) is 6.54 Å². The predicted molar refractivity (Wildman–Crippen MR) is 120 cm³/mol. The predicted octanol–water partition coefficient (Wildman–Crippen LogP) is 4.77. The summed E-state index contributed by atoms with van der Waals surface area (Å²) < 4.78 is 0. The molecule has 3 heteroatoms. The smallest absolute Gasteiger partial charge is 0.0822 e. The molecule has 0 radical (unpaired) electrons. The minimum atomic E-state index is -0.532. The van der Waals surface area contributed by atoms with Crippen LogP contribution >= 0.6 is 0 Å². The molecular weight excluding hydrogens is 370 g/mol. The summed E-state index contributed by atoms with van der Waals surface area (Å²) in [5, 5.41) is 22.2. The lowest BCUT2D eigenvalue weighted by atomic mass is 9.46. The second-order valence-corrected chi connectivity index (χ2v) is 13.1. The molecule has 4 aliphatic carbocycles. The topological polar surface area (TPSA) is 43.7 Å². The number of nitrogens with zero attached hydrogens (tertiary/aromatic N) is 1. The van der Waals surface area contributed by atoms with E-state index in [1.165, 1.54) is 51.5 Å². The summed E-state index contributed by atoms with van der Waals surface area (Å²) in [7, 11) is 0. The SMILES string of the molecule is CC1CCC2N(C1)C1CC3C4CC=C5CC(O)CCC5(C)C4CCC3(C)C1C2(C)O. The van der Waals surface area contributed by atoms with Gasteiger partial charge in [0.1, 0.15) is 0 Å². The molecule has 2 heterocycles. The molecule has 6 aliphatic rings. The van der Waals surface area contributed by atoms with Crippen molar-refractivity contribution in [1.82, 2.24) is 4.90 Å². The summed E-state index contributed by atoms with van der Waals surface area (Å²) in [5.41, 5.74) is 1.63. The fourth-order valence-electron chi connectivity index (χ4n) is 10.4. The first-order valence-corrected chi connectivity index (χ1v) is 13.0. The molecule has 2 aliphatic heterocycles. The standard InChI is InChI=1S/C27H43NO2/c1-16-5-8-23-27(4,30)24-22(28(23)15-16)14-21-19-7-6-17-13-18(29)9-11-25(17,2)20(19)10-12-26(21,24)3/h6,16,18-24,29-30H,5,7-15H2,1-4H3. The maximum absolute atomic E-state index is 11.9. The second-order valence-electron chi connectivity index (χ2n) is 13.1. The van der Waals surface area contributed by atoms with Crippen LogP contribution in [0.4, 0.5) is 0 Å². The molecule has 11 atom stereocenters. The summed E-state index contributed by atoms with van der Waals surface area (Å²) in [6.45, 7) is 10.9. The van der Waals surface area contributed by atoms with Crippen LogP contribution in [0.2, 0.25) is 0 Å². The Hall–Kier alpha value is -0.380. The molecule has 0 aromatic rings. The number of hydrogen-bond donors (Lipinski definition) is 2. The molecule has 0 bridgehead atoms. The van der Waals surface area contributed by atoms with Crippen LogP contribution < -0.4 is 0 Å². The summed E-state index contributed by atoms with van der Waals surface area (Å²) in [4.78, 5) is 2.78. The minimum Gasteiger partial charge on any atom is -0.393 e. The van der Waals surface area contributed by atoms with E-state index in [9.17, 15) is 10.2 Å². The molecule has 0 spiro atoms. The lowest BCUT2D eigenvalue weighted by Gasteiger charge is -2.59. The summed E-state index contributed by atoms with van der Waals surface area (Å²) in [6, 6.07) is 0.974. The van der Waals surface area contributed by atoms with Crippen LogP contribution in [0.3, 0.4) is 0 Å². The van der Waals surface area contributed by atoms with E-state index < -0.39 is 5.60 Å². The maximum atomic E-state index is 11.9. The Labute approximate surface area is 183 Å². The first kappa shape index (κ1) is 20.2. The van der Waals surface area contributed by atoms with Gasteiger partial charge >= 0.3 is 0 Å². The summed E-state index contributed by atoms with van der Waals surface area (Å²) in [5.74, 6) is 3.51. The third-order valence-corrected chi connectivity index (χ3v) is 11.7. The molecule has 0 amide bonds. The van der Waals surface area contributed by atoms with Crippen LogP contribution in [0.5, 0.6) is 0 Å². The van der Waals surface area contributed by atoms with Gasteiger partial charge in [-0.05, 0) is 99.2 Å². The largest absolute Gasteiger partial charge is 0.393 e. The van der Waals surface area contributed by atoms with Crippen molar-refractivity contribution in [3.8, 4) is 0 Å². The first-order chi connectivity index (χ1) is 14.2. The van der Waals surface area contributed by atoms with Crippen LogP contribution in [0.25, 0.3) is 0 Å². The third kappa shape index (κ3) is 2.44. The van der Waals surface area contributed by atoms with E-state index in [0.717, 1.165) is 36.5 Å². The first-order valence-electron chi connectivity index (χ1n) is 13.0. The molecule has 2 saturated heterocycles. The fourth-order valence-corrected chi connectivity index (χ4v) is 10.4. The molecule has 0 aromatic carbocycles. The Balaban J connectivity index is 1.35. The lowest BCUT2D eigenvalue weighted by Crippen LogP contribution is -2.55. The van der Waals surface area contributed by atoms with Crippen LogP contribution in [0.1, 0.15) is 85.5 Å². The van der Waals surface area contributed by atoms with Gasteiger partial charge in [-0.3, -0.25) is 4.90 Å². The normalized spacial score (nSPS) is 60.1. The number of piperidine rings is 1. The van der Waals surface area contributed by atoms with Crippen LogP contribution in [0.15, 0.2) is 11.6 Å². The van der Waals surface area contributed by atoms with Gasteiger partial charge in [0.25, 0.3) is 0 Å². The fraction of sp³-hybridized carbons (Fsp3) is 0.926. The average molecular weight is 414 g/mol. The van der Waals surface area contributed by atoms with Crippen LogP contribution in [-0.2, 0) is 0 Å². The number of fused-ring (bicyclic) bond motifs is 9. The Morgan fingerprint density at radius 3 is 2.63 bits per heavy atom. The van der Waals surface area contributed by atoms with Gasteiger partial charge in [-0.1, -0.05) is 32.4 Å². The van der Waals surface area contributed by atoms with Crippen molar-refractivity contribution < 1.29 is 10.2 Å². The highest BCUT2D eigenvalue weighted by molar-refractivity contribution is 5.28. The zero-order valence-corrected chi connectivity index (χ0v) is 19.6. The van der Waals surface area contributed by atoms with Crippen molar-refractivity contribution >= 4 is 0 Å². The Bertz CT molecular complexity index is 760. The highest BCUT2D eigenvalue weighted by atomic mass is 16.3. The number of aliphatic hydroxyl groups is 2. The highest BCUT2D eigenvalue weighted by Gasteiger charge is 2.70. The van der Waals surface area contributed by atoms with Crippen molar-refractivity contribution in [3.05, 3.63) is 11.6 Å². The average Bonchev–Trinajstić information content (AvgIpc) is 3.12. The van der Waals surface area contributed by atoms with Gasteiger partial charge in [-0.2, -0.15) is 0 Å². The van der Waals surface area contributed by atoms with E-state index in [1.807, 2.05) is 0 Å². The van der Waals surface area contributed by atoms with Gasteiger partial charge in [-0.25, -0.2) is 0 Å². The lowest BCUT2D eigenvalue weighted by molar-refractivity contribution is -0.106. The van der Waals surface area contributed by atoms with Crippen LogP contribution in [0, 0.1) is 40.4 Å². The molecule has 2 N–H and O–H groups in total.